The first kappa shape index (κ1) is 18.0. The van der Waals surface area contributed by atoms with E-state index >= 15 is 0 Å². The van der Waals surface area contributed by atoms with Crippen LogP contribution in [0.3, 0.4) is 0 Å². The van der Waals surface area contributed by atoms with Gasteiger partial charge in [0.1, 0.15) is 11.5 Å². The highest BCUT2D eigenvalue weighted by Gasteiger charge is 2.08. The molecular weight excluding hydrogens is 296 g/mol. The van der Waals surface area contributed by atoms with Gasteiger partial charge in [0.15, 0.2) is 0 Å². The van der Waals surface area contributed by atoms with Crippen LogP contribution in [0.5, 0.6) is 0 Å². The number of ketones is 1. The van der Waals surface area contributed by atoms with Crippen LogP contribution in [0.25, 0.3) is 16.9 Å². The van der Waals surface area contributed by atoms with Crippen LogP contribution in [-0.4, -0.2) is 10.9 Å². The summed E-state index contributed by atoms with van der Waals surface area (Å²) in [4.78, 5) is 11.2. The van der Waals surface area contributed by atoms with Crippen molar-refractivity contribution in [3.05, 3.63) is 65.7 Å². The summed E-state index contributed by atoms with van der Waals surface area (Å²) in [7, 11) is 0. The van der Waals surface area contributed by atoms with Crippen LogP contribution < -0.4 is 0 Å². The summed E-state index contributed by atoms with van der Waals surface area (Å²) >= 11 is 0. The van der Waals surface area contributed by atoms with Crippen molar-refractivity contribution in [2.45, 2.75) is 40.0 Å². The highest BCUT2D eigenvalue weighted by atomic mass is 16.3. The second-order valence-corrected chi connectivity index (χ2v) is 6.72. The molecule has 0 saturated carbocycles. The van der Waals surface area contributed by atoms with Gasteiger partial charge in [0, 0.05) is 12.0 Å². The number of carbonyl (C=O) groups excluding carboxylic acids is 1. The van der Waals surface area contributed by atoms with Gasteiger partial charge in [0.05, 0.1) is 0 Å². The average molecular weight is 322 g/mol. The maximum Gasteiger partial charge on any atom is 0.130 e. The fourth-order valence-corrected chi connectivity index (χ4v) is 2.97. The second kappa shape index (κ2) is 7.96. The van der Waals surface area contributed by atoms with Crippen molar-refractivity contribution in [1.29, 1.82) is 0 Å². The number of Topliss-reactive ketones (excluding diaryl/α,β-unsaturated/α-hetero) is 1. The molecule has 1 atom stereocenters. The number of benzene rings is 2. The number of aliphatic hydroxyl groups excluding tert-OH is 1. The predicted octanol–water partition coefficient (Wildman–Crippen LogP) is 5.74. The summed E-state index contributed by atoms with van der Waals surface area (Å²) in [5.74, 6) is 0.768. The van der Waals surface area contributed by atoms with Crippen molar-refractivity contribution in [2.24, 2.45) is 5.92 Å². The standard InChI is InChI=1S/C22H26O2/c1-15(13-17(3)23)5-7-21-14-22(8-6-16(21)2)20-11-9-19(10-12-20)18(4)24/h6,8-12,14-15,24H,4-5,7,13H2,1-3H3/t15-/m0/s1. The van der Waals surface area contributed by atoms with E-state index in [1.165, 1.54) is 16.7 Å². The molecule has 0 bridgehead atoms. The lowest BCUT2D eigenvalue weighted by Crippen LogP contribution is -2.04. The zero-order valence-corrected chi connectivity index (χ0v) is 14.8. The number of carbonyl (C=O) groups is 1. The minimum Gasteiger partial charge on any atom is -0.508 e. The summed E-state index contributed by atoms with van der Waals surface area (Å²) < 4.78 is 0. The Bertz CT molecular complexity index is 726. The Kier molecular flexibility index (Phi) is 5.97. The third-order valence-corrected chi connectivity index (χ3v) is 4.44. The Balaban J connectivity index is 2.15. The highest BCUT2D eigenvalue weighted by Crippen LogP contribution is 2.25. The summed E-state index contributed by atoms with van der Waals surface area (Å²) in [5, 5.41) is 9.43. The van der Waals surface area contributed by atoms with Gasteiger partial charge in [-0.1, -0.05) is 56.0 Å². The number of aryl methyl sites for hydroxylation is 2. The molecule has 0 fully saturated rings. The Morgan fingerprint density at radius 1 is 1.12 bits per heavy atom. The summed E-state index contributed by atoms with van der Waals surface area (Å²) in [5.41, 5.74) is 5.65. The van der Waals surface area contributed by atoms with E-state index in [0.29, 0.717) is 12.3 Å². The summed E-state index contributed by atoms with van der Waals surface area (Å²) in [6.45, 7) is 9.48. The molecule has 1 N–H and O–H groups in total. The third kappa shape index (κ3) is 4.82. The van der Waals surface area contributed by atoms with Crippen molar-refractivity contribution in [1.82, 2.24) is 0 Å². The fraction of sp³-hybridized carbons (Fsp3) is 0.318. The van der Waals surface area contributed by atoms with E-state index in [1.807, 2.05) is 24.3 Å². The lowest BCUT2D eigenvalue weighted by molar-refractivity contribution is -0.117. The van der Waals surface area contributed by atoms with Gasteiger partial charge in [0.2, 0.25) is 0 Å². The van der Waals surface area contributed by atoms with Crippen LogP contribution in [-0.2, 0) is 11.2 Å². The topological polar surface area (TPSA) is 37.3 Å². The van der Waals surface area contributed by atoms with Crippen LogP contribution >= 0.6 is 0 Å². The van der Waals surface area contributed by atoms with Crippen LogP contribution in [0.4, 0.5) is 0 Å². The molecule has 2 aromatic carbocycles. The van der Waals surface area contributed by atoms with Gasteiger partial charge in [-0.3, -0.25) is 0 Å². The van der Waals surface area contributed by atoms with Gasteiger partial charge in [-0.25, -0.2) is 0 Å². The SMILES string of the molecule is C=C(O)c1ccc(-c2ccc(C)c(CC[C@H](C)CC(C)=O)c2)cc1. The van der Waals surface area contributed by atoms with Crippen molar-refractivity contribution >= 4 is 11.5 Å². The van der Waals surface area contributed by atoms with Crippen molar-refractivity contribution < 1.29 is 9.90 Å². The quantitative estimate of drug-likeness (QED) is 0.660. The molecule has 0 radical (unpaired) electrons. The van der Waals surface area contributed by atoms with Crippen LogP contribution in [0, 0.1) is 12.8 Å². The first-order chi connectivity index (χ1) is 11.4. The largest absolute Gasteiger partial charge is 0.508 e. The lowest BCUT2D eigenvalue weighted by atomic mass is 9.92. The molecular formula is C22H26O2. The van der Waals surface area contributed by atoms with E-state index in [0.717, 1.165) is 24.0 Å². The van der Waals surface area contributed by atoms with E-state index in [1.54, 1.807) is 6.92 Å². The van der Waals surface area contributed by atoms with Gasteiger partial charge < -0.3 is 9.90 Å². The molecule has 0 heterocycles. The molecule has 2 heteroatoms. The molecule has 126 valence electrons. The van der Waals surface area contributed by atoms with Crippen LogP contribution in [0.15, 0.2) is 49.0 Å². The predicted molar refractivity (Wildman–Crippen MR) is 101 cm³/mol. The number of hydrogen-bond acceptors (Lipinski definition) is 2. The molecule has 0 aromatic heterocycles. The molecule has 0 saturated heterocycles. The van der Waals surface area contributed by atoms with Crippen molar-refractivity contribution in [3.8, 4) is 11.1 Å². The molecule has 2 nitrogen and oxygen atoms in total. The van der Waals surface area contributed by atoms with Crippen molar-refractivity contribution in [2.75, 3.05) is 0 Å². The molecule has 2 rings (SSSR count). The molecule has 0 aliphatic heterocycles. The molecule has 0 amide bonds. The zero-order valence-electron chi connectivity index (χ0n) is 14.8. The van der Waals surface area contributed by atoms with E-state index in [2.05, 4.69) is 38.6 Å². The zero-order chi connectivity index (χ0) is 17.7. The normalized spacial score (nSPS) is 12.0. The van der Waals surface area contributed by atoms with Gasteiger partial charge >= 0.3 is 0 Å². The van der Waals surface area contributed by atoms with E-state index in [-0.39, 0.29) is 11.5 Å². The highest BCUT2D eigenvalue weighted by molar-refractivity contribution is 5.75. The van der Waals surface area contributed by atoms with E-state index < -0.39 is 0 Å². The van der Waals surface area contributed by atoms with Crippen molar-refractivity contribution in [3.63, 3.8) is 0 Å². The Hall–Kier alpha value is -2.35. The number of rotatable bonds is 7. The maximum atomic E-state index is 11.2. The molecule has 0 unspecified atom stereocenters. The molecule has 0 aliphatic rings. The summed E-state index contributed by atoms with van der Waals surface area (Å²) in [6.07, 6.45) is 2.66. The summed E-state index contributed by atoms with van der Waals surface area (Å²) in [6, 6.07) is 14.3. The first-order valence-corrected chi connectivity index (χ1v) is 8.44. The first-order valence-electron chi connectivity index (χ1n) is 8.44. The van der Waals surface area contributed by atoms with Crippen LogP contribution in [0.2, 0.25) is 0 Å². The molecule has 2 aromatic rings. The van der Waals surface area contributed by atoms with E-state index in [4.69, 9.17) is 0 Å². The molecule has 0 spiro atoms. The fourth-order valence-electron chi connectivity index (χ4n) is 2.97. The smallest absolute Gasteiger partial charge is 0.130 e. The lowest BCUT2D eigenvalue weighted by Gasteiger charge is -2.13. The number of aliphatic hydroxyl groups is 1. The average Bonchev–Trinajstić information content (AvgIpc) is 2.53. The third-order valence-electron chi connectivity index (χ3n) is 4.44. The second-order valence-electron chi connectivity index (χ2n) is 6.72. The maximum absolute atomic E-state index is 11.2. The van der Waals surface area contributed by atoms with Gasteiger partial charge in [-0.15, -0.1) is 0 Å². The minimum atomic E-state index is 0.0885. The minimum absolute atomic E-state index is 0.0885. The number of hydrogen-bond donors (Lipinski definition) is 1. The van der Waals surface area contributed by atoms with E-state index in [9.17, 15) is 9.90 Å². The van der Waals surface area contributed by atoms with Crippen LogP contribution in [0.1, 0.15) is 43.4 Å². The molecule has 24 heavy (non-hydrogen) atoms. The van der Waals surface area contributed by atoms with Gasteiger partial charge in [-0.2, -0.15) is 0 Å². The van der Waals surface area contributed by atoms with Gasteiger partial charge in [-0.05, 0) is 54.9 Å². The Labute approximate surface area is 144 Å². The monoisotopic (exact) mass is 322 g/mol. The Morgan fingerprint density at radius 3 is 2.33 bits per heavy atom. The Morgan fingerprint density at radius 2 is 1.75 bits per heavy atom. The molecule has 0 aliphatic carbocycles. The van der Waals surface area contributed by atoms with Gasteiger partial charge in [0.25, 0.3) is 0 Å².